The fourth-order valence-electron chi connectivity index (χ4n) is 3.95. The number of halogens is 1. The number of H-pyrrole nitrogens is 1. The van der Waals surface area contributed by atoms with Crippen molar-refractivity contribution in [2.75, 3.05) is 37.2 Å². The lowest BCUT2D eigenvalue weighted by Gasteiger charge is -2.25. The van der Waals surface area contributed by atoms with Gasteiger partial charge in [-0.05, 0) is 57.4 Å². The largest absolute Gasteiger partial charge is 0.494 e. The van der Waals surface area contributed by atoms with Crippen LogP contribution in [0, 0.1) is 0 Å². The minimum Gasteiger partial charge on any atom is -0.494 e. The molecular formula is C27H29ClN4O3S. The maximum Gasteiger partial charge on any atom is 0.234 e. The van der Waals surface area contributed by atoms with Gasteiger partial charge in [-0.1, -0.05) is 48.0 Å². The van der Waals surface area contributed by atoms with E-state index in [-0.39, 0.29) is 11.6 Å². The third-order valence-electron chi connectivity index (χ3n) is 5.85. The first-order chi connectivity index (χ1) is 17.2. The molecule has 2 N–H and O–H groups in total. The molecule has 3 aromatic carbocycles. The standard InChI is InChI=1S/C27H29ClN4O3S/c1-4-36(34,35)32(17-16-31(2)3)22-13-11-21(12-14-22)29-26(19-8-6-5-7-9-19)25-23-15-10-20(28)18-24(23)30-27(25)33/h5-15,18,30,33H,4,16-17H2,1-3H3. The Balaban J connectivity index is 1.79. The summed E-state index contributed by atoms with van der Waals surface area (Å²) in [6.45, 7) is 2.59. The van der Waals surface area contributed by atoms with Gasteiger partial charge in [0.05, 0.1) is 33.9 Å². The van der Waals surface area contributed by atoms with Gasteiger partial charge in [0.2, 0.25) is 10.0 Å². The van der Waals surface area contributed by atoms with E-state index in [1.54, 1.807) is 43.3 Å². The van der Waals surface area contributed by atoms with E-state index in [9.17, 15) is 13.5 Å². The normalized spacial score (nSPS) is 12.4. The Kier molecular flexibility index (Phi) is 7.68. The quantitative estimate of drug-likeness (QED) is 0.286. The third kappa shape index (κ3) is 5.56. The first-order valence-corrected chi connectivity index (χ1v) is 13.6. The predicted octanol–water partition coefficient (Wildman–Crippen LogP) is 5.41. The zero-order chi connectivity index (χ0) is 25.9. The zero-order valence-corrected chi connectivity index (χ0v) is 22.0. The highest BCUT2D eigenvalue weighted by atomic mass is 35.5. The second kappa shape index (κ2) is 10.7. The van der Waals surface area contributed by atoms with Crippen LogP contribution in [0.2, 0.25) is 5.02 Å². The molecule has 4 rings (SSSR count). The zero-order valence-electron chi connectivity index (χ0n) is 20.4. The summed E-state index contributed by atoms with van der Waals surface area (Å²) in [5.74, 6) is 0.0119. The smallest absolute Gasteiger partial charge is 0.234 e. The van der Waals surface area contributed by atoms with Crippen LogP contribution in [-0.4, -0.2) is 62.1 Å². The highest BCUT2D eigenvalue weighted by Crippen LogP contribution is 2.33. The molecule has 0 aliphatic rings. The van der Waals surface area contributed by atoms with Gasteiger partial charge in [-0.2, -0.15) is 0 Å². The summed E-state index contributed by atoms with van der Waals surface area (Å²) in [5, 5.41) is 12.2. The molecule has 36 heavy (non-hydrogen) atoms. The number of aromatic hydroxyl groups is 1. The molecule has 0 fully saturated rings. The molecule has 1 aromatic heterocycles. The van der Waals surface area contributed by atoms with Crippen LogP contribution >= 0.6 is 11.6 Å². The molecule has 4 aromatic rings. The van der Waals surface area contributed by atoms with E-state index < -0.39 is 10.0 Å². The lowest BCUT2D eigenvalue weighted by atomic mass is 10.0. The highest BCUT2D eigenvalue weighted by Gasteiger charge is 2.21. The molecular weight excluding hydrogens is 496 g/mol. The van der Waals surface area contributed by atoms with Crippen LogP contribution in [0.5, 0.6) is 5.88 Å². The molecule has 0 radical (unpaired) electrons. The second-order valence-corrected chi connectivity index (χ2v) is 11.3. The summed E-state index contributed by atoms with van der Waals surface area (Å²) in [5.41, 5.74) is 3.90. The molecule has 0 spiro atoms. The number of benzene rings is 3. The van der Waals surface area contributed by atoms with Gasteiger partial charge >= 0.3 is 0 Å². The predicted molar refractivity (Wildman–Crippen MR) is 149 cm³/mol. The van der Waals surface area contributed by atoms with Crippen molar-refractivity contribution in [1.29, 1.82) is 0 Å². The molecule has 0 atom stereocenters. The molecule has 9 heteroatoms. The third-order valence-corrected chi connectivity index (χ3v) is 7.88. The molecule has 0 amide bonds. The van der Waals surface area contributed by atoms with Crippen LogP contribution in [-0.2, 0) is 10.0 Å². The molecule has 7 nitrogen and oxygen atoms in total. The van der Waals surface area contributed by atoms with Crippen molar-refractivity contribution in [2.24, 2.45) is 4.99 Å². The van der Waals surface area contributed by atoms with Crippen molar-refractivity contribution < 1.29 is 13.5 Å². The van der Waals surface area contributed by atoms with Crippen LogP contribution in [0.4, 0.5) is 11.4 Å². The molecule has 1 heterocycles. The van der Waals surface area contributed by atoms with E-state index in [0.717, 1.165) is 10.9 Å². The Morgan fingerprint density at radius 3 is 2.33 bits per heavy atom. The van der Waals surface area contributed by atoms with Crippen LogP contribution < -0.4 is 4.31 Å². The van der Waals surface area contributed by atoms with Gasteiger partial charge in [0, 0.05) is 29.1 Å². The highest BCUT2D eigenvalue weighted by molar-refractivity contribution is 7.92. The lowest BCUT2D eigenvalue weighted by Crippen LogP contribution is -2.37. The number of likely N-dealkylation sites (N-methyl/N-ethyl adjacent to an activating group) is 1. The maximum atomic E-state index is 12.7. The van der Waals surface area contributed by atoms with E-state index in [2.05, 4.69) is 4.98 Å². The summed E-state index contributed by atoms with van der Waals surface area (Å²) < 4.78 is 26.9. The van der Waals surface area contributed by atoms with E-state index in [1.165, 1.54) is 4.31 Å². The van der Waals surface area contributed by atoms with Gasteiger partial charge in [-0.3, -0.25) is 4.31 Å². The number of nitrogens with zero attached hydrogens (tertiary/aromatic N) is 3. The summed E-state index contributed by atoms with van der Waals surface area (Å²) in [6.07, 6.45) is 0. The Bertz CT molecular complexity index is 1480. The number of nitrogens with one attached hydrogen (secondary N) is 1. The van der Waals surface area contributed by atoms with E-state index in [1.807, 2.05) is 55.4 Å². The number of sulfonamides is 1. The topological polar surface area (TPSA) is 89.0 Å². The molecule has 0 saturated carbocycles. The molecule has 0 saturated heterocycles. The summed E-state index contributed by atoms with van der Waals surface area (Å²) in [6, 6.07) is 22.1. The van der Waals surface area contributed by atoms with Crippen molar-refractivity contribution in [3.63, 3.8) is 0 Å². The first-order valence-electron chi connectivity index (χ1n) is 11.6. The minimum atomic E-state index is -3.43. The lowest BCUT2D eigenvalue weighted by molar-refractivity contribution is 0.419. The molecule has 0 unspecified atom stereocenters. The van der Waals surface area contributed by atoms with Crippen LogP contribution in [0.15, 0.2) is 77.8 Å². The summed E-state index contributed by atoms with van der Waals surface area (Å²) >= 11 is 6.15. The number of anilines is 1. The average molecular weight is 525 g/mol. The minimum absolute atomic E-state index is 0.00427. The monoisotopic (exact) mass is 524 g/mol. The van der Waals surface area contributed by atoms with Gasteiger partial charge in [0.25, 0.3) is 0 Å². The number of hydrogen-bond donors (Lipinski definition) is 2. The van der Waals surface area contributed by atoms with Gasteiger partial charge in [-0.25, -0.2) is 13.4 Å². The Labute approximate surface area is 216 Å². The Hall–Kier alpha value is -3.33. The second-order valence-electron chi connectivity index (χ2n) is 8.66. The molecule has 0 bridgehead atoms. The van der Waals surface area contributed by atoms with Crippen LogP contribution in [0.3, 0.4) is 0 Å². The number of aromatic nitrogens is 1. The molecule has 0 aliphatic heterocycles. The summed E-state index contributed by atoms with van der Waals surface area (Å²) in [7, 11) is 0.387. The fourth-order valence-corrected chi connectivity index (χ4v) is 5.24. The Morgan fingerprint density at radius 2 is 1.69 bits per heavy atom. The SMILES string of the molecule is CCS(=O)(=O)N(CCN(C)C)c1ccc(N=C(c2ccccc2)c2c(O)[nH]c3cc(Cl)ccc23)cc1. The fraction of sp³-hybridized carbons (Fsp3) is 0.222. The van der Waals surface area contributed by atoms with Crippen molar-refractivity contribution in [3.8, 4) is 5.88 Å². The van der Waals surface area contributed by atoms with Gasteiger partial charge in [0.1, 0.15) is 0 Å². The molecule has 0 aliphatic carbocycles. The maximum absolute atomic E-state index is 12.7. The van der Waals surface area contributed by atoms with Gasteiger partial charge < -0.3 is 15.0 Å². The van der Waals surface area contributed by atoms with Gasteiger partial charge in [0.15, 0.2) is 5.88 Å². The summed E-state index contributed by atoms with van der Waals surface area (Å²) in [4.78, 5) is 9.82. The van der Waals surface area contributed by atoms with E-state index in [0.29, 0.717) is 46.3 Å². The van der Waals surface area contributed by atoms with Crippen LogP contribution in [0.25, 0.3) is 10.9 Å². The van der Waals surface area contributed by atoms with Crippen molar-refractivity contribution in [2.45, 2.75) is 6.92 Å². The Morgan fingerprint density at radius 1 is 1.00 bits per heavy atom. The number of hydrogen-bond acceptors (Lipinski definition) is 5. The molecule has 188 valence electrons. The van der Waals surface area contributed by atoms with E-state index >= 15 is 0 Å². The number of aliphatic imine (C=N–C) groups is 1. The number of aromatic amines is 1. The van der Waals surface area contributed by atoms with Crippen molar-refractivity contribution in [3.05, 3.63) is 88.9 Å². The number of rotatable bonds is 9. The van der Waals surface area contributed by atoms with Crippen LogP contribution in [0.1, 0.15) is 18.1 Å². The van der Waals surface area contributed by atoms with Gasteiger partial charge in [-0.15, -0.1) is 0 Å². The average Bonchev–Trinajstić information content (AvgIpc) is 3.18. The first kappa shape index (κ1) is 25.8. The van der Waals surface area contributed by atoms with E-state index in [4.69, 9.17) is 16.6 Å². The van der Waals surface area contributed by atoms with Crippen molar-refractivity contribution >= 4 is 49.6 Å². The number of fused-ring (bicyclic) bond motifs is 1. The van der Waals surface area contributed by atoms with Crippen molar-refractivity contribution in [1.82, 2.24) is 9.88 Å².